The molecule has 26 heavy (non-hydrogen) atoms. The summed E-state index contributed by atoms with van der Waals surface area (Å²) in [6.07, 6.45) is 0. The van der Waals surface area contributed by atoms with Crippen molar-refractivity contribution >= 4 is 26.5 Å². The van der Waals surface area contributed by atoms with Crippen LogP contribution in [-0.4, -0.2) is 26.5 Å². The maximum absolute atomic E-state index is 3.77. The van der Waals surface area contributed by atoms with E-state index < -0.39 is 26.5 Å². The van der Waals surface area contributed by atoms with E-state index in [0.717, 1.165) is 11.1 Å². The molecule has 138 valence electrons. The molecule has 1 aromatic rings. The number of rotatable bonds is 3. The first kappa shape index (κ1) is 23.0. The van der Waals surface area contributed by atoms with Gasteiger partial charge in [-0.2, -0.15) is 0 Å². The van der Waals surface area contributed by atoms with Gasteiger partial charge in [0.2, 0.25) is 0 Å². The molecule has 1 aromatic carbocycles. The smallest absolute Gasteiger partial charge is 0.0643 e. The monoisotopic (exact) mass is 470 g/mol. The maximum atomic E-state index is 3.77. The minimum absolute atomic E-state index is 0.659. The quantitative estimate of drug-likeness (QED) is 0.351. The van der Waals surface area contributed by atoms with E-state index in [1.807, 2.05) is 0 Å². The summed E-state index contributed by atoms with van der Waals surface area (Å²) in [7, 11) is -1.67. The van der Waals surface area contributed by atoms with E-state index in [0.29, 0.717) is 16.6 Å². The zero-order valence-corrected chi connectivity index (χ0v) is 21.9. The second kappa shape index (κ2) is 9.74. The van der Waals surface area contributed by atoms with Crippen molar-refractivity contribution in [2.45, 2.75) is 73.0 Å². The fourth-order valence-electron chi connectivity index (χ4n) is 3.57. The van der Waals surface area contributed by atoms with Gasteiger partial charge in [0.25, 0.3) is 0 Å². The Bertz CT molecular complexity index is 751. The van der Waals surface area contributed by atoms with E-state index in [9.17, 15) is 0 Å². The van der Waals surface area contributed by atoms with Crippen molar-refractivity contribution in [1.29, 1.82) is 0 Å². The second-order valence-electron chi connectivity index (χ2n) is 8.97. The van der Waals surface area contributed by atoms with Crippen molar-refractivity contribution in [3.63, 3.8) is 0 Å². The summed E-state index contributed by atoms with van der Waals surface area (Å²) in [5, 5.41) is 0. The molecule has 0 aromatic heterocycles. The van der Waals surface area contributed by atoms with E-state index in [1.54, 1.807) is 0 Å². The van der Waals surface area contributed by atoms with Crippen molar-refractivity contribution < 1.29 is 0 Å². The molecule has 0 fully saturated rings. The topological polar surface area (TPSA) is 0 Å². The van der Waals surface area contributed by atoms with Gasteiger partial charge in [-0.05, 0) is 0 Å². The molecule has 0 saturated heterocycles. The molecule has 0 heterocycles. The summed E-state index contributed by atoms with van der Waals surface area (Å²) in [6, 6.07) is 8.30. The molecule has 0 bridgehead atoms. The van der Waals surface area contributed by atoms with Crippen LogP contribution in [0.2, 0.25) is 31.4 Å². The molecule has 0 atom stereocenters. The number of hydrogen-bond acceptors (Lipinski definition) is 0. The van der Waals surface area contributed by atoms with Gasteiger partial charge in [0.05, 0.1) is 0 Å². The van der Waals surface area contributed by atoms with Gasteiger partial charge in [-0.25, -0.2) is 0 Å². The Hall–Kier alpha value is -1.08. The molecular weight excluding hydrogens is 435 g/mol. The first-order valence-corrected chi connectivity index (χ1v) is 21.9. The van der Waals surface area contributed by atoms with Gasteiger partial charge in [0.1, 0.15) is 0 Å². The van der Waals surface area contributed by atoms with Crippen molar-refractivity contribution in [1.82, 2.24) is 0 Å². The molecule has 0 aliphatic rings. The Balaban J connectivity index is 3.06. The van der Waals surface area contributed by atoms with Gasteiger partial charge in [-0.1, -0.05) is 41.5 Å². The Morgan fingerprint density at radius 2 is 1.12 bits per heavy atom. The molecule has 0 amide bonds. The van der Waals surface area contributed by atoms with Crippen LogP contribution in [0.4, 0.5) is 0 Å². The first-order chi connectivity index (χ1) is 12.0. The van der Waals surface area contributed by atoms with Gasteiger partial charge in [0, 0.05) is 0 Å². The predicted octanol–water partition coefficient (Wildman–Crippen LogP) is 6.49. The van der Waals surface area contributed by atoms with Crippen molar-refractivity contribution in [2.75, 3.05) is 0 Å². The van der Waals surface area contributed by atoms with Gasteiger partial charge in [0.15, 0.2) is 0 Å². The van der Waals surface area contributed by atoms with E-state index in [-0.39, 0.29) is 0 Å². The number of benzene rings is 1. The van der Waals surface area contributed by atoms with Crippen molar-refractivity contribution in [3.8, 4) is 33.2 Å². The van der Waals surface area contributed by atoms with Crippen LogP contribution in [0.15, 0.2) is 24.3 Å². The minimum atomic E-state index is -2.02. The summed E-state index contributed by atoms with van der Waals surface area (Å²) in [6.45, 7) is 14.1. The van der Waals surface area contributed by atoms with Gasteiger partial charge in [-0.3, -0.25) is 0 Å². The van der Waals surface area contributed by atoms with Crippen LogP contribution < -0.4 is 0 Å². The summed E-state index contributed by atoms with van der Waals surface area (Å²) < 4.78 is 3.34. The van der Waals surface area contributed by atoms with E-state index >= 15 is 0 Å². The Kier molecular flexibility index (Phi) is 8.60. The van der Waals surface area contributed by atoms with Crippen LogP contribution in [0.1, 0.15) is 52.7 Å². The fraction of sp³-hybridized carbons (Fsp3) is 0.500. The zero-order chi connectivity index (χ0) is 20.0. The molecule has 0 spiro atoms. The van der Waals surface area contributed by atoms with Crippen LogP contribution in [0.25, 0.3) is 0 Å². The summed E-state index contributed by atoms with van der Waals surface area (Å²) in [5.41, 5.74) is 7.85. The third kappa shape index (κ3) is 6.57. The molecule has 0 aliphatic heterocycles. The van der Waals surface area contributed by atoms with Crippen LogP contribution in [0.3, 0.4) is 0 Å². The molecule has 0 unspecified atom stereocenters. The first-order valence-electron chi connectivity index (χ1n) is 9.65. The third-order valence-electron chi connectivity index (χ3n) is 4.88. The van der Waals surface area contributed by atoms with Gasteiger partial charge in [-0.15, -0.1) is 0 Å². The molecule has 0 aliphatic carbocycles. The van der Waals surface area contributed by atoms with Gasteiger partial charge >= 0.3 is 126 Å². The van der Waals surface area contributed by atoms with Crippen LogP contribution >= 0.6 is 0 Å². The summed E-state index contributed by atoms with van der Waals surface area (Å²) >= 11 is -2.02. The summed E-state index contributed by atoms with van der Waals surface area (Å²) in [4.78, 5) is 6.89. The SMILES string of the molecule is CC(C)[Si](C#Cc1ccc(C#CC#[C][Sn]([CH3])([CH3])[CH3])cc1)(C(C)C)C(C)C. The zero-order valence-electron chi connectivity index (χ0n) is 18.0. The van der Waals surface area contributed by atoms with Crippen LogP contribution in [0.5, 0.6) is 0 Å². The third-order valence-corrected chi connectivity index (χ3v) is 13.7. The number of hydrogen-bond donors (Lipinski definition) is 0. The Labute approximate surface area is 167 Å². The Morgan fingerprint density at radius 3 is 1.50 bits per heavy atom. The fourth-order valence-corrected chi connectivity index (χ4v) is 10.0. The predicted molar refractivity (Wildman–Crippen MR) is 122 cm³/mol. The van der Waals surface area contributed by atoms with Crippen molar-refractivity contribution in [3.05, 3.63) is 35.4 Å². The average molecular weight is 469 g/mol. The van der Waals surface area contributed by atoms with Crippen LogP contribution in [0, 0.1) is 33.2 Å². The normalized spacial score (nSPS) is 11.4. The molecular formula is C24H34SiSn. The average Bonchev–Trinajstić information content (AvgIpc) is 2.51. The standard InChI is InChI=1S/C21H25Si.3CH3.Sn/c1-8-9-10-20-11-13-21(14-12-20)15-16-22(17(2)3,18(4)5)19(6)7;;;;/h11-14,17-19H,2-7H3;3*1H3;. The molecule has 1 rings (SSSR count). The van der Waals surface area contributed by atoms with E-state index in [4.69, 9.17) is 0 Å². The molecule has 0 nitrogen and oxygen atoms in total. The van der Waals surface area contributed by atoms with E-state index in [1.165, 1.54) is 0 Å². The van der Waals surface area contributed by atoms with E-state index in [2.05, 4.69) is 114 Å². The van der Waals surface area contributed by atoms with Crippen molar-refractivity contribution in [2.24, 2.45) is 0 Å². The second-order valence-corrected chi connectivity index (χ2v) is 28.1. The minimum Gasteiger partial charge on any atom is -0.0643 e. The van der Waals surface area contributed by atoms with Crippen LogP contribution in [-0.2, 0) is 0 Å². The molecule has 2 heteroatoms. The molecule has 0 saturated carbocycles. The molecule has 0 N–H and O–H groups in total. The van der Waals surface area contributed by atoms with Gasteiger partial charge < -0.3 is 0 Å². The molecule has 0 radical (unpaired) electrons. The Morgan fingerprint density at radius 1 is 0.692 bits per heavy atom. The summed E-state index contributed by atoms with van der Waals surface area (Å²) in [5.74, 6) is 12.7.